The van der Waals surface area contributed by atoms with Gasteiger partial charge >= 0.3 is 0 Å². The van der Waals surface area contributed by atoms with Gasteiger partial charge in [0.15, 0.2) is 5.82 Å². The van der Waals surface area contributed by atoms with Crippen LogP contribution in [0.2, 0.25) is 0 Å². The third kappa shape index (κ3) is 2.85. The van der Waals surface area contributed by atoms with Gasteiger partial charge in [-0.05, 0) is 54.8 Å². The number of benzene rings is 3. The molecule has 3 aromatic carbocycles. The lowest BCUT2D eigenvalue weighted by Crippen LogP contribution is -2.13. The molecule has 176 valence electrons. The second kappa shape index (κ2) is 7.25. The van der Waals surface area contributed by atoms with Crippen molar-refractivity contribution in [3.63, 3.8) is 0 Å². The molecule has 6 nitrogen and oxygen atoms in total. The Labute approximate surface area is 207 Å². The molecular weight excluding hydrogens is 472 g/mol. The van der Waals surface area contributed by atoms with Crippen LogP contribution in [0.5, 0.6) is 0 Å². The fourth-order valence-electron chi connectivity index (χ4n) is 5.77. The van der Waals surface area contributed by atoms with Gasteiger partial charge in [0.05, 0.1) is 17.1 Å². The van der Waals surface area contributed by atoms with Crippen LogP contribution in [0.1, 0.15) is 35.5 Å². The smallest absolute Gasteiger partial charge is 0.159 e. The van der Waals surface area contributed by atoms with Gasteiger partial charge in [0, 0.05) is 28.4 Å². The molecule has 2 atom stereocenters. The van der Waals surface area contributed by atoms with Crippen molar-refractivity contribution in [3.8, 4) is 34.9 Å². The maximum atomic E-state index is 14.9. The van der Waals surface area contributed by atoms with Crippen molar-refractivity contribution >= 4 is 23.5 Å². The Morgan fingerprint density at radius 2 is 1.89 bits per heavy atom. The number of rotatable bonds is 2. The van der Waals surface area contributed by atoms with Crippen LogP contribution in [0.4, 0.5) is 4.39 Å². The summed E-state index contributed by atoms with van der Waals surface area (Å²) in [5.41, 5.74) is 6.28. The van der Waals surface area contributed by atoms with E-state index in [1.165, 1.54) is 6.07 Å². The summed E-state index contributed by atoms with van der Waals surface area (Å²) in [6.45, 7) is 3.16. The van der Waals surface area contributed by atoms with E-state index >= 15 is 0 Å². The largest absolute Gasteiger partial charge is 0.319 e. The maximum Gasteiger partial charge on any atom is 0.159 e. The Hall–Kier alpha value is -4.01. The summed E-state index contributed by atoms with van der Waals surface area (Å²) in [6, 6.07) is 16.8. The summed E-state index contributed by atoms with van der Waals surface area (Å²) in [5.74, 6) is 4.13. The average Bonchev–Trinajstić information content (AvgIpc) is 3.54. The molecule has 0 amide bonds. The normalized spacial score (nSPS) is 17.8. The van der Waals surface area contributed by atoms with E-state index in [2.05, 4.69) is 26.6 Å². The number of terminal acetylenes is 1. The molecule has 8 heteroatoms. The lowest BCUT2D eigenvalue weighted by atomic mass is 9.93. The molecule has 36 heavy (non-hydrogen) atoms. The van der Waals surface area contributed by atoms with Crippen molar-refractivity contribution in [1.82, 2.24) is 24.3 Å². The van der Waals surface area contributed by atoms with Gasteiger partial charge in [0.1, 0.15) is 31.2 Å². The summed E-state index contributed by atoms with van der Waals surface area (Å²) in [6.07, 6.45) is 8.29. The first-order valence-corrected chi connectivity index (χ1v) is 14.3. The van der Waals surface area contributed by atoms with E-state index in [0.29, 0.717) is 0 Å². The molecule has 2 aromatic heterocycles. The molecule has 2 aliphatic rings. The molecule has 0 saturated carbocycles. The lowest BCUT2D eigenvalue weighted by molar-refractivity contribution is 0.504. The topological polar surface area (TPSA) is 65.6 Å². The number of imidazole rings is 1. The molecule has 0 fully saturated rings. The SMILES string of the molecule is C#Cc1cccc2c1[C@@H]1C[C@@H](c3nc4ccc(-c5ccc(P(C)(C)=O)c(F)c5)cc4n31)n1ncnc1-2. The fraction of sp³-hybridized carbons (Fsp3) is 0.179. The van der Waals surface area contributed by atoms with E-state index in [4.69, 9.17) is 11.4 Å². The molecule has 0 N–H and O–H groups in total. The van der Waals surface area contributed by atoms with E-state index in [0.717, 1.165) is 56.9 Å². The van der Waals surface area contributed by atoms with Crippen LogP contribution in [0.3, 0.4) is 0 Å². The molecular formula is C28H21FN5OP. The minimum absolute atomic E-state index is 0.0267. The first-order valence-electron chi connectivity index (χ1n) is 11.7. The van der Waals surface area contributed by atoms with Crippen molar-refractivity contribution in [1.29, 1.82) is 0 Å². The number of halogens is 1. The summed E-state index contributed by atoms with van der Waals surface area (Å²) in [7, 11) is -2.70. The van der Waals surface area contributed by atoms with Crippen molar-refractivity contribution < 1.29 is 8.96 Å². The molecule has 0 spiro atoms. The first-order chi connectivity index (χ1) is 17.3. The predicted molar refractivity (Wildman–Crippen MR) is 139 cm³/mol. The van der Waals surface area contributed by atoms with Gasteiger partial charge in [-0.15, -0.1) is 6.42 Å². The van der Waals surface area contributed by atoms with E-state index in [1.54, 1.807) is 25.7 Å². The van der Waals surface area contributed by atoms with Crippen molar-refractivity contribution in [2.75, 3.05) is 13.3 Å². The summed E-state index contributed by atoms with van der Waals surface area (Å²) < 4.78 is 31.5. The minimum Gasteiger partial charge on any atom is -0.319 e. The standard InChI is InChI=1S/C28H21FN5OP/c1-4-16-6-5-7-19-26(16)23-14-24(34-27(19)30-15-31-34)28-32-21-10-8-18(13-22(21)33(23)28)17-9-11-25(20(29)12-17)36(2,3)35/h1,5-13,15,23-24H,14H2,2-3H3/t23-,24-/m0/s1. The molecule has 0 saturated heterocycles. The number of aromatic nitrogens is 5. The Kier molecular flexibility index (Phi) is 4.29. The molecule has 2 bridgehead atoms. The molecule has 5 aromatic rings. The van der Waals surface area contributed by atoms with Crippen molar-refractivity contribution in [2.24, 2.45) is 0 Å². The highest BCUT2D eigenvalue weighted by Crippen LogP contribution is 2.50. The highest BCUT2D eigenvalue weighted by atomic mass is 31.2. The van der Waals surface area contributed by atoms with Crippen molar-refractivity contribution in [2.45, 2.75) is 18.5 Å². The predicted octanol–water partition coefficient (Wildman–Crippen LogP) is 5.23. The molecule has 0 radical (unpaired) electrons. The number of fused-ring (bicyclic) bond motifs is 6. The third-order valence-electron chi connectivity index (χ3n) is 7.34. The lowest BCUT2D eigenvalue weighted by Gasteiger charge is -2.20. The van der Waals surface area contributed by atoms with Crippen LogP contribution in [0.25, 0.3) is 33.5 Å². The van der Waals surface area contributed by atoms with Gasteiger partial charge in [-0.1, -0.05) is 30.2 Å². The van der Waals surface area contributed by atoms with Gasteiger partial charge in [-0.3, -0.25) is 0 Å². The monoisotopic (exact) mass is 493 g/mol. The highest BCUT2D eigenvalue weighted by Gasteiger charge is 2.42. The highest BCUT2D eigenvalue weighted by molar-refractivity contribution is 7.70. The fourth-order valence-corrected chi connectivity index (χ4v) is 6.78. The third-order valence-corrected chi connectivity index (χ3v) is 8.86. The summed E-state index contributed by atoms with van der Waals surface area (Å²) >= 11 is 0. The van der Waals surface area contributed by atoms with E-state index in [-0.39, 0.29) is 17.4 Å². The van der Waals surface area contributed by atoms with Crippen LogP contribution in [-0.4, -0.2) is 37.6 Å². The second-order valence-corrected chi connectivity index (χ2v) is 13.0. The number of nitrogens with zero attached hydrogens (tertiary/aromatic N) is 5. The maximum absolute atomic E-state index is 14.9. The molecule has 7 rings (SSSR count). The number of hydrogen-bond acceptors (Lipinski definition) is 4. The van der Waals surface area contributed by atoms with Crippen LogP contribution >= 0.6 is 7.14 Å². The zero-order chi connectivity index (χ0) is 24.8. The Morgan fingerprint density at radius 3 is 2.67 bits per heavy atom. The summed E-state index contributed by atoms with van der Waals surface area (Å²) in [5, 5.41) is 4.83. The second-order valence-electron chi connectivity index (χ2n) is 9.77. The average molecular weight is 493 g/mol. The molecule has 0 unspecified atom stereocenters. The molecule has 2 aliphatic heterocycles. The van der Waals surface area contributed by atoms with Gasteiger partial charge in [0.25, 0.3) is 0 Å². The van der Waals surface area contributed by atoms with E-state index in [1.807, 2.05) is 41.1 Å². The zero-order valence-electron chi connectivity index (χ0n) is 19.7. The molecule has 0 aliphatic carbocycles. The van der Waals surface area contributed by atoms with Crippen LogP contribution in [0.15, 0.2) is 60.9 Å². The van der Waals surface area contributed by atoms with Gasteiger partial charge in [-0.2, -0.15) is 5.10 Å². The van der Waals surface area contributed by atoms with Gasteiger partial charge in [-0.25, -0.2) is 19.0 Å². The van der Waals surface area contributed by atoms with E-state index < -0.39 is 13.0 Å². The van der Waals surface area contributed by atoms with Crippen LogP contribution in [-0.2, 0) is 4.57 Å². The van der Waals surface area contributed by atoms with Crippen LogP contribution in [0, 0.1) is 18.2 Å². The Bertz CT molecular complexity index is 1820. The van der Waals surface area contributed by atoms with Crippen molar-refractivity contribution in [3.05, 3.63) is 83.7 Å². The van der Waals surface area contributed by atoms with E-state index in [9.17, 15) is 8.96 Å². The quantitative estimate of drug-likeness (QED) is 0.250. The zero-order valence-corrected chi connectivity index (χ0v) is 20.6. The molecule has 4 heterocycles. The van der Waals surface area contributed by atoms with Gasteiger partial charge in [0.2, 0.25) is 0 Å². The first kappa shape index (κ1) is 21.3. The van der Waals surface area contributed by atoms with Gasteiger partial charge < -0.3 is 9.13 Å². The van der Waals surface area contributed by atoms with Crippen LogP contribution < -0.4 is 5.30 Å². The minimum atomic E-state index is -2.70. The summed E-state index contributed by atoms with van der Waals surface area (Å²) in [4.78, 5) is 9.55. The Balaban J connectivity index is 1.46. The Morgan fingerprint density at radius 1 is 1.08 bits per heavy atom. The number of hydrogen-bond donors (Lipinski definition) is 0.